The van der Waals surface area contributed by atoms with Gasteiger partial charge in [0.15, 0.2) is 5.82 Å². The molecule has 1 aliphatic heterocycles. The van der Waals surface area contributed by atoms with Crippen LogP contribution in [0.2, 0.25) is 0 Å². The van der Waals surface area contributed by atoms with Crippen LogP contribution in [0.3, 0.4) is 0 Å². The molecule has 6 heteroatoms. The number of hydrogen-bond donors (Lipinski definition) is 1. The minimum absolute atomic E-state index is 0.632. The van der Waals surface area contributed by atoms with Crippen molar-refractivity contribution in [1.29, 1.82) is 0 Å². The second-order valence-corrected chi connectivity index (χ2v) is 7.59. The Morgan fingerprint density at radius 3 is 2.48 bits per heavy atom. The number of rotatable bonds is 4. The van der Waals surface area contributed by atoms with Crippen molar-refractivity contribution in [1.82, 2.24) is 20.4 Å². The van der Waals surface area contributed by atoms with Gasteiger partial charge in [-0.2, -0.15) is 10.2 Å². The number of fused-ring (bicyclic) bond motifs is 2. The van der Waals surface area contributed by atoms with Gasteiger partial charge in [0.05, 0.1) is 11.4 Å². The zero-order valence-electron chi connectivity index (χ0n) is 14.5. The predicted octanol–water partition coefficient (Wildman–Crippen LogP) is 2.18. The monoisotopic (exact) mass is 336 g/mol. The molecule has 0 aromatic carbocycles. The molecule has 2 aliphatic carbocycles. The molecule has 1 N–H and O–H groups in total. The van der Waals surface area contributed by atoms with Crippen LogP contribution in [0.4, 0.5) is 11.6 Å². The lowest BCUT2D eigenvalue weighted by molar-refractivity contribution is 0.424. The van der Waals surface area contributed by atoms with Gasteiger partial charge in [-0.15, -0.1) is 10.2 Å². The van der Waals surface area contributed by atoms with Crippen molar-refractivity contribution in [3.05, 3.63) is 34.6 Å². The molecule has 0 amide bonds. The minimum atomic E-state index is 0.632. The molecule has 6 nitrogen and oxygen atoms in total. The van der Waals surface area contributed by atoms with Gasteiger partial charge in [0.25, 0.3) is 0 Å². The van der Waals surface area contributed by atoms with Gasteiger partial charge in [-0.3, -0.25) is 0 Å². The van der Waals surface area contributed by atoms with Gasteiger partial charge in [-0.05, 0) is 68.2 Å². The third-order valence-electron chi connectivity index (χ3n) is 5.73. The fourth-order valence-corrected chi connectivity index (χ4v) is 4.18. The van der Waals surface area contributed by atoms with E-state index in [2.05, 4.69) is 42.7 Å². The first-order chi connectivity index (χ1) is 12.3. The van der Waals surface area contributed by atoms with Gasteiger partial charge in [0, 0.05) is 25.6 Å². The summed E-state index contributed by atoms with van der Waals surface area (Å²) in [5.41, 5.74) is 5.18. The van der Waals surface area contributed by atoms with E-state index in [1.54, 1.807) is 0 Å². The Kier molecular flexibility index (Phi) is 3.76. The molecule has 2 aromatic heterocycles. The minimum Gasteiger partial charge on any atom is -0.368 e. The molecule has 1 fully saturated rings. The molecule has 0 atom stereocenters. The van der Waals surface area contributed by atoms with Crippen molar-refractivity contribution in [3.8, 4) is 0 Å². The Balaban J connectivity index is 1.15. The molecule has 130 valence electrons. The highest BCUT2D eigenvalue weighted by Gasteiger charge is 2.29. The van der Waals surface area contributed by atoms with Gasteiger partial charge in [0.1, 0.15) is 5.82 Å². The van der Waals surface area contributed by atoms with Crippen LogP contribution in [-0.2, 0) is 25.7 Å². The number of aromatic nitrogens is 4. The van der Waals surface area contributed by atoms with Crippen LogP contribution >= 0.6 is 0 Å². The molecule has 1 saturated heterocycles. The van der Waals surface area contributed by atoms with Crippen LogP contribution < -0.4 is 10.2 Å². The maximum atomic E-state index is 4.41. The van der Waals surface area contributed by atoms with Crippen LogP contribution in [-0.4, -0.2) is 40.0 Å². The smallest absolute Gasteiger partial charge is 0.151 e. The second kappa shape index (κ2) is 6.24. The highest BCUT2D eigenvalue weighted by molar-refractivity contribution is 5.46. The molecular weight excluding hydrogens is 312 g/mol. The fraction of sp³-hybridized carbons (Fsp3) is 0.579. The number of aryl methyl sites for hydroxylation is 4. The normalized spacial score (nSPS) is 19.3. The van der Waals surface area contributed by atoms with Gasteiger partial charge in [-0.25, -0.2) is 0 Å². The van der Waals surface area contributed by atoms with Crippen LogP contribution in [0.5, 0.6) is 0 Å². The van der Waals surface area contributed by atoms with Gasteiger partial charge in [0.2, 0.25) is 0 Å². The number of hydrogen-bond acceptors (Lipinski definition) is 6. The summed E-state index contributed by atoms with van der Waals surface area (Å²) in [4.78, 5) is 2.33. The predicted molar refractivity (Wildman–Crippen MR) is 96.9 cm³/mol. The maximum absolute atomic E-state index is 4.41. The molecule has 0 spiro atoms. The van der Waals surface area contributed by atoms with Crippen molar-refractivity contribution in [2.24, 2.45) is 5.92 Å². The molecule has 0 radical (unpaired) electrons. The summed E-state index contributed by atoms with van der Waals surface area (Å²) < 4.78 is 0. The van der Waals surface area contributed by atoms with E-state index in [1.807, 2.05) is 0 Å². The number of anilines is 2. The van der Waals surface area contributed by atoms with Crippen LogP contribution in [0.1, 0.15) is 41.8 Å². The number of nitrogens with one attached hydrogen (secondary N) is 1. The Morgan fingerprint density at radius 1 is 0.840 bits per heavy atom. The molecule has 0 bridgehead atoms. The third-order valence-corrected chi connectivity index (χ3v) is 5.73. The van der Waals surface area contributed by atoms with Crippen LogP contribution in [0, 0.1) is 5.92 Å². The molecule has 0 saturated carbocycles. The maximum Gasteiger partial charge on any atom is 0.151 e. The zero-order chi connectivity index (χ0) is 16.6. The summed E-state index contributed by atoms with van der Waals surface area (Å²) in [5.74, 6) is 2.61. The molecule has 25 heavy (non-hydrogen) atoms. The highest BCUT2D eigenvalue weighted by Crippen LogP contribution is 2.27. The molecule has 5 rings (SSSR count). The molecule has 2 aromatic rings. The van der Waals surface area contributed by atoms with Crippen LogP contribution in [0.25, 0.3) is 0 Å². The fourth-order valence-electron chi connectivity index (χ4n) is 4.18. The van der Waals surface area contributed by atoms with Crippen molar-refractivity contribution < 1.29 is 0 Å². The molecule has 3 heterocycles. The Labute approximate surface area is 148 Å². The van der Waals surface area contributed by atoms with E-state index in [0.717, 1.165) is 57.0 Å². The topological polar surface area (TPSA) is 66.8 Å². The first-order valence-electron chi connectivity index (χ1n) is 9.55. The zero-order valence-corrected chi connectivity index (χ0v) is 14.5. The Hall–Kier alpha value is -2.24. The van der Waals surface area contributed by atoms with E-state index in [4.69, 9.17) is 0 Å². The van der Waals surface area contributed by atoms with E-state index in [1.165, 1.54) is 41.8 Å². The molecular formula is C19H24N6. The summed E-state index contributed by atoms with van der Waals surface area (Å²) in [6.07, 6.45) is 8.23. The first kappa shape index (κ1) is 15.0. The van der Waals surface area contributed by atoms with Gasteiger partial charge >= 0.3 is 0 Å². The van der Waals surface area contributed by atoms with Crippen molar-refractivity contribution in [2.75, 3.05) is 29.9 Å². The average Bonchev–Trinajstić information content (AvgIpc) is 3.08. The lowest BCUT2D eigenvalue weighted by atomic mass is 9.96. The van der Waals surface area contributed by atoms with E-state index in [9.17, 15) is 0 Å². The van der Waals surface area contributed by atoms with Crippen molar-refractivity contribution in [2.45, 2.75) is 44.9 Å². The lowest BCUT2D eigenvalue weighted by Crippen LogP contribution is -2.50. The molecule has 3 aliphatic rings. The summed E-state index contributed by atoms with van der Waals surface area (Å²) in [6.45, 7) is 3.03. The largest absolute Gasteiger partial charge is 0.368 e. The van der Waals surface area contributed by atoms with Gasteiger partial charge in [-0.1, -0.05) is 0 Å². The summed E-state index contributed by atoms with van der Waals surface area (Å²) in [7, 11) is 0. The van der Waals surface area contributed by atoms with Crippen molar-refractivity contribution in [3.63, 3.8) is 0 Å². The Bertz CT molecular complexity index is 783. The second-order valence-electron chi connectivity index (χ2n) is 7.59. The first-order valence-corrected chi connectivity index (χ1v) is 9.55. The quantitative estimate of drug-likeness (QED) is 0.923. The van der Waals surface area contributed by atoms with E-state index >= 15 is 0 Å². The van der Waals surface area contributed by atoms with E-state index in [0.29, 0.717) is 5.92 Å². The third kappa shape index (κ3) is 2.94. The molecule has 0 unspecified atom stereocenters. The number of nitrogens with zero attached hydrogens (tertiary/aromatic N) is 5. The van der Waals surface area contributed by atoms with E-state index < -0.39 is 0 Å². The average molecular weight is 336 g/mol. The summed E-state index contributed by atoms with van der Waals surface area (Å²) in [6, 6.07) is 4.44. The summed E-state index contributed by atoms with van der Waals surface area (Å²) >= 11 is 0. The highest BCUT2D eigenvalue weighted by atomic mass is 15.3. The summed E-state index contributed by atoms with van der Waals surface area (Å²) in [5, 5.41) is 21.0. The van der Waals surface area contributed by atoms with E-state index in [-0.39, 0.29) is 0 Å². The van der Waals surface area contributed by atoms with Crippen molar-refractivity contribution >= 4 is 11.6 Å². The lowest BCUT2D eigenvalue weighted by Gasteiger charge is -2.40. The SMILES string of the molecule is c1c(NCC2CN(c3cc4c(nn3)CCC4)C2)nnc2c1CCCC2. The Morgan fingerprint density at radius 2 is 1.56 bits per heavy atom. The standard InChI is InChI=1S/C19H24N6/c1-2-6-16-14(4-1)8-18(23-21-16)20-10-13-11-25(12-13)19-9-15-5-3-7-17(15)22-24-19/h8-9,13H,1-7,10-12H2,(H,20,23). The van der Waals surface area contributed by atoms with Gasteiger partial charge < -0.3 is 10.2 Å². The van der Waals surface area contributed by atoms with Crippen LogP contribution in [0.15, 0.2) is 12.1 Å².